The van der Waals surface area contributed by atoms with Crippen molar-refractivity contribution in [1.29, 1.82) is 0 Å². The molecule has 0 radical (unpaired) electrons. The Morgan fingerprint density at radius 1 is 1.50 bits per heavy atom. The molecule has 2 heterocycles. The van der Waals surface area contributed by atoms with Crippen molar-refractivity contribution in [2.75, 3.05) is 0 Å². The first kappa shape index (κ1) is 14.2. The van der Waals surface area contributed by atoms with Gasteiger partial charge in [0.15, 0.2) is 5.76 Å². The summed E-state index contributed by atoms with van der Waals surface area (Å²) in [6.45, 7) is 7.77. The van der Waals surface area contributed by atoms with Gasteiger partial charge in [0.05, 0.1) is 18.7 Å². The SMILES string of the molecule is Cc1ccoc1-c1nnnn1C(CC(=O)O)C(C)(C)C. The second kappa shape index (κ2) is 5.07. The number of carboxylic acids is 1. The van der Waals surface area contributed by atoms with Gasteiger partial charge in [0.25, 0.3) is 0 Å². The number of carbonyl (C=O) groups is 1. The van der Waals surface area contributed by atoms with Crippen molar-refractivity contribution in [2.24, 2.45) is 5.41 Å². The smallest absolute Gasteiger partial charge is 0.305 e. The van der Waals surface area contributed by atoms with Crippen LogP contribution >= 0.6 is 0 Å². The Bertz CT molecular complexity index is 609. The molecule has 0 aliphatic heterocycles. The van der Waals surface area contributed by atoms with Gasteiger partial charge >= 0.3 is 5.97 Å². The van der Waals surface area contributed by atoms with Gasteiger partial charge in [0.1, 0.15) is 0 Å². The highest BCUT2D eigenvalue weighted by Gasteiger charge is 2.32. The fraction of sp³-hybridized carbons (Fsp3) is 0.538. The molecule has 108 valence electrons. The third-order valence-electron chi connectivity index (χ3n) is 3.22. The van der Waals surface area contributed by atoms with Gasteiger partial charge in [0, 0.05) is 0 Å². The predicted octanol–water partition coefficient (Wildman–Crippen LogP) is 2.30. The molecule has 0 saturated carbocycles. The molecule has 1 N–H and O–H groups in total. The average molecular weight is 278 g/mol. The molecule has 0 aromatic carbocycles. The number of rotatable bonds is 4. The van der Waals surface area contributed by atoms with E-state index in [-0.39, 0.29) is 17.9 Å². The van der Waals surface area contributed by atoms with Crippen LogP contribution in [0.4, 0.5) is 0 Å². The molecule has 0 amide bonds. The molecule has 0 aliphatic carbocycles. The lowest BCUT2D eigenvalue weighted by atomic mass is 9.84. The van der Waals surface area contributed by atoms with Gasteiger partial charge in [-0.05, 0) is 34.4 Å². The van der Waals surface area contributed by atoms with Gasteiger partial charge in [-0.15, -0.1) is 5.10 Å². The lowest BCUT2D eigenvalue weighted by Crippen LogP contribution is -2.28. The zero-order chi connectivity index (χ0) is 14.9. The number of aryl methyl sites for hydroxylation is 1. The van der Waals surface area contributed by atoms with Crippen molar-refractivity contribution >= 4 is 5.97 Å². The molecule has 0 bridgehead atoms. The normalized spacial score (nSPS) is 13.4. The predicted molar refractivity (Wildman–Crippen MR) is 71.0 cm³/mol. The summed E-state index contributed by atoms with van der Waals surface area (Å²) in [4.78, 5) is 11.1. The van der Waals surface area contributed by atoms with E-state index in [1.807, 2.05) is 33.8 Å². The number of aromatic nitrogens is 4. The molecule has 2 aromatic heterocycles. The Kier molecular flexibility index (Phi) is 3.61. The first-order chi connectivity index (χ1) is 9.30. The van der Waals surface area contributed by atoms with Crippen molar-refractivity contribution in [2.45, 2.75) is 40.2 Å². The molecular weight excluding hydrogens is 260 g/mol. The summed E-state index contributed by atoms with van der Waals surface area (Å²) >= 11 is 0. The first-order valence-electron chi connectivity index (χ1n) is 6.35. The minimum absolute atomic E-state index is 0.0543. The minimum Gasteiger partial charge on any atom is -0.481 e. The number of nitrogens with zero attached hydrogens (tertiary/aromatic N) is 4. The van der Waals surface area contributed by atoms with Gasteiger partial charge in [-0.1, -0.05) is 20.8 Å². The Hall–Kier alpha value is -2.18. The number of carboxylic acid groups (broad SMARTS) is 1. The van der Waals surface area contributed by atoms with Gasteiger partial charge in [0.2, 0.25) is 5.82 Å². The van der Waals surface area contributed by atoms with Crippen LogP contribution in [-0.4, -0.2) is 31.3 Å². The highest BCUT2D eigenvalue weighted by atomic mass is 16.4. The summed E-state index contributed by atoms with van der Waals surface area (Å²) < 4.78 is 6.95. The van der Waals surface area contributed by atoms with Crippen LogP contribution in [0.1, 0.15) is 38.8 Å². The van der Waals surface area contributed by atoms with Crippen LogP contribution in [0.15, 0.2) is 16.7 Å². The molecule has 1 unspecified atom stereocenters. The molecule has 20 heavy (non-hydrogen) atoms. The number of hydrogen-bond acceptors (Lipinski definition) is 5. The van der Waals surface area contributed by atoms with E-state index >= 15 is 0 Å². The summed E-state index contributed by atoms with van der Waals surface area (Å²) in [7, 11) is 0. The third kappa shape index (κ3) is 2.71. The molecule has 0 spiro atoms. The van der Waals surface area contributed by atoms with Crippen molar-refractivity contribution < 1.29 is 14.3 Å². The largest absolute Gasteiger partial charge is 0.481 e. The fourth-order valence-electron chi connectivity index (χ4n) is 2.08. The highest BCUT2D eigenvalue weighted by molar-refractivity contribution is 5.67. The van der Waals surface area contributed by atoms with Crippen molar-refractivity contribution in [1.82, 2.24) is 20.2 Å². The lowest BCUT2D eigenvalue weighted by molar-refractivity contribution is -0.138. The van der Waals surface area contributed by atoms with Gasteiger partial charge in [-0.25, -0.2) is 4.68 Å². The van der Waals surface area contributed by atoms with Gasteiger partial charge in [-0.2, -0.15) is 0 Å². The zero-order valence-corrected chi connectivity index (χ0v) is 12.0. The minimum atomic E-state index is -0.887. The van der Waals surface area contributed by atoms with E-state index < -0.39 is 5.97 Å². The van der Waals surface area contributed by atoms with Crippen LogP contribution in [0.2, 0.25) is 0 Å². The maximum atomic E-state index is 11.1. The lowest BCUT2D eigenvalue weighted by Gasteiger charge is -2.29. The summed E-state index contributed by atoms with van der Waals surface area (Å²) in [6, 6.07) is 1.45. The molecule has 2 aromatic rings. The van der Waals surface area contributed by atoms with E-state index in [0.717, 1.165) is 5.56 Å². The van der Waals surface area contributed by atoms with Crippen LogP contribution < -0.4 is 0 Å². The maximum absolute atomic E-state index is 11.1. The monoisotopic (exact) mass is 278 g/mol. The number of aliphatic carboxylic acids is 1. The maximum Gasteiger partial charge on any atom is 0.305 e. The van der Waals surface area contributed by atoms with E-state index in [4.69, 9.17) is 9.52 Å². The van der Waals surface area contributed by atoms with Crippen molar-refractivity contribution in [3.05, 3.63) is 17.9 Å². The summed E-state index contributed by atoms with van der Waals surface area (Å²) in [6.07, 6.45) is 1.51. The molecular formula is C13H18N4O3. The zero-order valence-electron chi connectivity index (χ0n) is 12.0. The van der Waals surface area contributed by atoms with Crippen LogP contribution in [0, 0.1) is 12.3 Å². The van der Waals surface area contributed by atoms with E-state index in [2.05, 4.69) is 15.5 Å². The topological polar surface area (TPSA) is 94.0 Å². The molecule has 0 aliphatic rings. The molecule has 0 fully saturated rings. The highest BCUT2D eigenvalue weighted by Crippen LogP contribution is 2.35. The van der Waals surface area contributed by atoms with Crippen LogP contribution in [0.25, 0.3) is 11.6 Å². The van der Waals surface area contributed by atoms with Crippen LogP contribution in [0.3, 0.4) is 0 Å². The van der Waals surface area contributed by atoms with Gasteiger partial charge in [-0.3, -0.25) is 4.79 Å². The quantitative estimate of drug-likeness (QED) is 0.922. The number of hydrogen-bond donors (Lipinski definition) is 1. The Balaban J connectivity index is 2.48. The average Bonchev–Trinajstić information content (AvgIpc) is 2.92. The fourth-order valence-corrected chi connectivity index (χ4v) is 2.08. The molecule has 7 heteroatoms. The molecule has 0 saturated heterocycles. The molecule has 2 rings (SSSR count). The summed E-state index contributed by atoms with van der Waals surface area (Å²) in [5.74, 6) is 0.130. The van der Waals surface area contributed by atoms with E-state index in [0.29, 0.717) is 11.6 Å². The third-order valence-corrected chi connectivity index (χ3v) is 3.22. The van der Waals surface area contributed by atoms with E-state index in [1.165, 1.54) is 0 Å². The van der Waals surface area contributed by atoms with Gasteiger partial charge < -0.3 is 9.52 Å². The Morgan fingerprint density at radius 3 is 2.70 bits per heavy atom. The second-order valence-corrected chi connectivity index (χ2v) is 5.86. The molecule has 1 atom stereocenters. The Labute approximate surface area is 116 Å². The van der Waals surface area contributed by atoms with Crippen molar-refractivity contribution in [3.8, 4) is 11.6 Å². The number of furan rings is 1. The first-order valence-corrected chi connectivity index (χ1v) is 6.35. The summed E-state index contributed by atoms with van der Waals surface area (Å²) in [5.41, 5.74) is 0.604. The summed E-state index contributed by atoms with van der Waals surface area (Å²) in [5, 5.41) is 20.7. The molecule has 7 nitrogen and oxygen atoms in total. The standard InChI is InChI=1S/C13H18N4O3/c1-8-5-6-20-11(8)12-14-15-16-17(12)9(7-10(18)19)13(2,3)4/h5-6,9H,7H2,1-4H3,(H,18,19). The van der Waals surface area contributed by atoms with Crippen LogP contribution in [0.5, 0.6) is 0 Å². The van der Waals surface area contributed by atoms with Crippen LogP contribution in [-0.2, 0) is 4.79 Å². The van der Waals surface area contributed by atoms with Crippen molar-refractivity contribution in [3.63, 3.8) is 0 Å². The van der Waals surface area contributed by atoms with E-state index in [9.17, 15) is 4.79 Å². The van der Waals surface area contributed by atoms with E-state index in [1.54, 1.807) is 10.9 Å². The Morgan fingerprint density at radius 2 is 2.20 bits per heavy atom. The number of tetrazole rings is 1. The second-order valence-electron chi connectivity index (χ2n) is 5.86.